The molecule has 0 saturated carbocycles. The van der Waals surface area contributed by atoms with Gasteiger partial charge in [-0.3, -0.25) is 4.79 Å². The van der Waals surface area contributed by atoms with E-state index in [9.17, 15) is 9.18 Å². The van der Waals surface area contributed by atoms with Crippen molar-refractivity contribution in [1.82, 2.24) is 0 Å². The molecule has 2 nitrogen and oxygen atoms in total. The molecule has 0 atom stereocenters. The highest BCUT2D eigenvalue weighted by atomic mass is 19.1. The van der Waals surface area contributed by atoms with Crippen LogP contribution < -0.4 is 0 Å². The molecule has 0 aliphatic heterocycles. The van der Waals surface area contributed by atoms with Crippen molar-refractivity contribution in [2.24, 2.45) is 0 Å². The number of benzene rings is 2. The SMILES string of the molecule is N#Cc1cc(C(=O)c2ccccc2)ccc1F. The molecular weight excluding hydrogens is 217 g/mol. The molecule has 0 heterocycles. The zero-order chi connectivity index (χ0) is 12.3. The van der Waals surface area contributed by atoms with Gasteiger partial charge in [-0.25, -0.2) is 4.39 Å². The number of hydrogen-bond donors (Lipinski definition) is 0. The summed E-state index contributed by atoms with van der Waals surface area (Å²) in [5.41, 5.74) is 0.712. The van der Waals surface area contributed by atoms with Crippen LogP contribution in [-0.2, 0) is 0 Å². The second-order valence-electron chi connectivity index (χ2n) is 3.50. The first-order valence-electron chi connectivity index (χ1n) is 5.02. The molecule has 0 aliphatic carbocycles. The number of nitrogens with zero attached hydrogens (tertiary/aromatic N) is 1. The van der Waals surface area contributed by atoms with Gasteiger partial charge in [0.15, 0.2) is 5.78 Å². The topological polar surface area (TPSA) is 40.9 Å². The molecule has 0 radical (unpaired) electrons. The predicted octanol–water partition coefficient (Wildman–Crippen LogP) is 2.93. The van der Waals surface area contributed by atoms with E-state index in [2.05, 4.69) is 0 Å². The van der Waals surface area contributed by atoms with Crippen molar-refractivity contribution in [2.45, 2.75) is 0 Å². The first-order valence-corrected chi connectivity index (χ1v) is 5.02. The van der Waals surface area contributed by atoms with Crippen LogP contribution in [0.1, 0.15) is 21.5 Å². The van der Waals surface area contributed by atoms with Gasteiger partial charge in [0.25, 0.3) is 0 Å². The highest BCUT2D eigenvalue weighted by Gasteiger charge is 2.11. The molecule has 17 heavy (non-hydrogen) atoms. The van der Waals surface area contributed by atoms with E-state index in [0.717, 1.165) is 6.07 Å². The van der Waals surface area contributed by atoms with Gasteiger partial charge in [-0.2, -0.15) is 5.26 Å². The zero-order valence-corrected chi connectivity index (χ0v) is 8.85. The van der Waals surface area contributed by atoms with E-state index in [4.69, 9.17) is 5.26 Å². The van der Waals surface area contributed by atoms with E-state index < -0.39 is 5.82 Å². The lowest BCUT2D eigenvalue weighted by atomic mass is 10.0. The van der Waals surface area contributed by atoms with Crippen molar-refractivity contribution in [2.75, 3.05) is 0 Å². The van der Waals surface area contributed by atoms with Crippen LogP contribution in [0.15, 0.2) is 48.5 Å². The van der Waals surface area contributed by atoms with E-state index in [-0.39, 0.29) is 11.3 Å². The summed E-state index contributed by atoms with van der Waals surface area (Å²) in [6.45, 7) is 0. The lowest BCUT2D eigenvalue weighted by molar-refractivity contribution is 0.103. The number of ketones is 1. The molecule has 0 aliphatic rings. The maximum atomic E-state index is 13.1. The molecule has 0 bridgehead atoms. The van der Waals surface area contributed by atoms with Crippen LogP contribution in [0.3, 0.4) is 0 Å². The summed E-state index contributed by atoms with van der Waals surface area (Å²) >= 11 is 0. The standard InChI is InChI=1S/C14H8FNO/c15-13-7-6-11(8-12(13)9-16)14(17)10-4-2-1-3-5-10/h1-8H. The fraction of sp³-hybridized carbons (Fsp3) is 0. The maximum absolute atomic E-state index is 13.1. The summed E-state index contributed by atoms with van der Waals surface area (Å²) in [6, 6.07) is 14.2. The molecule has 2 rings (SSSR count). The third kappa shape index (κ3) is 2.21. The Bertz CT molecular complexity index is 599. The lowest BCUT2D eigenvalue weighted by Gasteiger charge is -2.01. The van der Waals surface area contributed by atoms with Crippen LogP contribution in [0.25, 0.3) is 0 Å². The summed E-state index contributed by atoms with van der Waals surface area (Å²) < 4.78 is 13.1. The van der Waals surface area contributed by atoms with Gasteiger partial charge in [0.05, 0.1) is 5.56 Å². The molecule has 2 aromatic rings. The predicted molar refractivity (Wildman–Crippen MR) is 61.0 cm³/mol. The van der Waals surface area contributed by atoms with Gasteiger partial charge in [-0.1, -0.05) is 30.3 Å². The quantitative estimate of drug-likeness (QED) is 0.737. The third-order valence-electron chi connectivity index (χ3n) is 2.38. The Morgan fingerprint density at radius 3 is 2.41 bits per heavy atom. The normalized spacial score (nSPS) is 9.65. The van der Waals surface area contributed by atoms with Crippen molar-refractivity contribution in [3.63, 3.8) is 0 Å². The van der Waals surface area contributed by atoms with Crippen molar-refractivity contribution < 1.29 is 9.18 Å². The molecule has 0 amide bonds. The molecule has 0 saturated heterocycles. The summed E-state index contributed by atoms with van der Waals surface area (Å²) in [7, 11) is 0. The van der Waals surface area contributed by atoms with Crippen molar-refractivity contribution in [1.29, 1.82) is 5.26 Å². The van der Waals surface area contributed by atoms with E-state index in [1.807, 2.05) is 6.07 Å². The third-order valence-corrected chi connectivity index (χ3v) is 2.38. The van der Waals surface area contributed by atoms with Crippen LogP contribution in [0.2, 0.25) is 0 Å². The molecule has 0 N–H and O–H groups in total. The van der Waals surface area contributed by atoms with Gasteiger partial charge >= 0.3 is 0 Å². The van der Waals surface area contributed by atoms with Gasteiger partial charge in [0.2, 0.25) is 0 Å². The summed E-state index contributed by atoms with van der Waals surface area (Å²) in [4.78, 5) is 12.0. The average molecular weight is 225 g/mol. The molecule has 3 heteroatoms. The van der Waals surface area contributed by atoms with Crippen molar-refractivity contribution >= 4 is 5.78 Å². The number of hydrogen-bond acceptors (Lipinski definition) is 2. The lowest BCUT2D eigenvalue weighted by Crippen LogP contribution is -2.02. The molecule has 0 unspecified atom stereocenters. The van der Waals surface area contributed by atoms with Crippen molar-refractivity contribution in [3.8, 4) is 6.07 Å². The van der Waals surface area contributed by atoms with Gasteiger partial charge in [0, 0.05) is 11.1 Å². The number of carbonyl (C=O) groups excluding carboxylic acids is 1. The maximum Gasteiger partial charge on any atom is 0.193 e. The van der Waals surface area contributed by atoms with Gasteiger partial charge in [0.1, 0.15) is 11.9 Å². The fourth-order valence-electron chi connectivity index (χ4n) is 1.51. The van der Waals surface area contributed by atoms with Crippen LogP contribution in [0.4, 0.5) is 4.39 Å². The van der Waals surface area contributed by atoms with E-state index in [1.54, 1.807) is 30.3 Å². The van der Waals surface area contributed by atoms with Crippen LogP contribution in [-0.4, -0.2) is 5.78 Å². The first kappa shape index (κ1) is 11.0. The Balaban J connectivity index is 2.43. The molecular formula is C14H8FNO. The minimum atomic E-state index is -0.614. The summed E-state index contributed by atoms with van der Waals surface area (Å²) in [6.07, 6.45) is 0. The number of carbonyl (C=O) groups is 1. The van der Waals surface area contributed by atoms with Gasteiger partial charge < -0.3 is 0 Å². The first-order chi connectivity index (χ1) is 8.22. The Morgan fingerprint density at radius 1 is 1.06 bits per heavy atom. The Morgan fingerprint density at radius 2 is 1.76 bits per heavy atom. The number of halogens is 1. The monoisotopic (exact) mass is 225 g/mol. The van der Waals surface area contributed by atoms with Crippen LogP contribution >= 0.6 is 0 Å². The molecule has 0 spiro atoms. The summed E-state index contributed by atoms with van der Waals surface area (Å²) in [5.74, 6) is -0.834. The minimum absolute atomic E-state index is 0.119. The molecule has 0 aromatic heterocycles. The summed E-state index contributed by atoms with van der Waals surface area (Å²) in [5, 5.41) is 8.69. The van der Waals surface area contributed by atoms with Crippen LogP contribution in [0, 0.1) is 17.1 Å². The Hall–Kier alpha value is -2.47. The minimum Gasteiger partial charge on any atom is -0.289 e. The van der Waals surface area contributed by atoms with Gasteiger partial charge in [-0.15, -0.1) is 0 Å². The zero-order valence-electron chi connectivity index (χ0n) is 8.85. The number of nitriles is 1. The molecule has 0 fully saturated rings. The van der Waals surface area contributed by atoms with Gasteiger partial charge in [-0.05, 0) is 18.2 Å². The fourth-order valence-corrected chi connectivity index (χ4v) is 1.51. The van der Waals surface area contributed by atoms with Crippen molar-refractivity contribution in [3.05, 3.63) is 71.0 Å². The molecule has 2 aromatic carbocycles. The average Bonchev–Trinajstić information content (AvgIpc) is 2.39. The smallest absolute Gasteiger partial charge is 0.193 e. The Kier molecular flexibility index (Phi) is 2.97. The Labute approximate surface area is 97.9 Å². The van der Waals surface area contributed by atoms with E-state index in [0.29, 0.717) is 11.1 Å². The number of rotatable bonds is 2. The van der Waals surface area contributed by atoms with E-state index >= 15 is 0 Å². The highest BCUT2D eigenvalue weighted by Crippen LogP contribution is 2.13. The second-order valence-corrected chi connectivity index (χ2v) is 3.50. The largest absolute Gasteiger partial charge is 0.289 e. The highest BCUT2D eigenvalue weighted by molar-refractivity contribution is 6.09. The molecule has 82 valence electrons. The van der Waals surface area contributed by atoms with E-state index in [1.165, 1.54) is 12.1 Å². The second kappa shape index (κ2) is 4.58. The van der Waals surface area contributed by atoms with Crippen LogP contribution in [0.5, 0.6) is 0 Å².